The van der Waals surface area contributed by atoms with E-state index in [0.717, 1.165) is 12.1 Å². The number of ether oxygens (including phenoxy) is 1. The molecule has 0 bridgehead atoms. The Morgan fingerprint density at radius 3 is 2.74 bits per heavy atom. The first-order valence-electron chi connectivity index (χ1n) is 5.16. The Bertz CT molecular complexity index is 576. The minimum Gasteiger partial charge on any atom is -0.459 e. The van der Waals surface area contributed by atoms with Crippen LogP contribution in [0.5, 0.6) is 0 Å². The lowest BCUT2D eigenvalue weighted by molar-refractivity contribution is -0.383. The number of esters is 1. The van der Waals surface area contributed by atoms with Crippen molar-refractivity contribution in [2.75, 3.05) is 11.9 Å². The number of benzene rings is 1. The highest BCUT2D eigenvalue weighted by Gasteiger charge is 2.21. The fraction of sp³-hybridized carbons (Fsp3) is 0.182. The average Bonchev–Trinajstić information content (AvgIpc) is 2.38. The topological polar surface area (TPSA) is 122 Å². The number of nitrogens with one attached hydrogen (secondary N) is 1. The van der Waals surface area contributed by atoms with Crippen LogP contribution in [-0.4, -0.2) is 23.4 Å². The third kappa shape index (κ3) is 3.50. The molecule has 8 heteroatoms. The molecule has 0 saturated heterocycles. The molecule has 0 radical (unpaired) electrons. The number of hydrogen-bond donors (Lipinski definition) is 1. The van der Waals surface area contributed by atoms with Crippen molar-refractivity contribution in [1.82, 2.24) is 0 Å². The second-order valence-corrected chi connectivity index (χ2v) is 3.28. The smallest absolute Gasteiger partial charge is 0.397 e. The summed E-state index contributed by atoms with van der Waals surface area (Å²) < 4.78 is 4.45. The molecule has 0 aliphatic rings. The Kier molecular flexibility index (Phi) is 4.54. The number of nitro groups is 1. The van der Waals surface area contributed by atoms with E-state index in [1.54, 1.807) is 6.07 Å². The minimum atomic E-state index is -1.15. The lowest BCUT2D eigenvalue weighted by Gasteiger charge is -2.05. The summed E-state index contributed by atoms with van der Waals surface area (Å²) >= 11 is 0. The highest BCUT2D eigenvalue weighted by Crippen LogP contribution is 2.25. The molecule has 1 aromatic carbocycles. The molecular formula is C11H9N3O5. The Balaban J connectivity index is 3.05. The van der Waals surface area contributed by atoms with Crippen molar-refractivity contribution in [2.45, 2.75) is 6.92 Å². The van der Waals surface area contributed by atoms with Gasteiger partial charge in [-0.2, -0.15) is 5.26 Å². The summed E-state index contributed by atoms with van der Waals surface area (Å²) in [7, 11) is 0. The zero-order chi connectivity index (χ0) is 14.4. The quantitative estimate of drug-likeness (QED) is 0.375. The maximum atomic E-state index is 11.4. The third-order valence-corrected chi connectivity index (χ3v) is 2.03. The minimum absolute atomic E-state index is 0.00653. The molecule has 0 aliphatic carbocycles. The van der Waals surface area contributed by atoms with Gasteiger partial charge in [-0.1, -0.05) is 0 Å². The van der Waals surface area contributed by atoms with E-state index >= 15 is 0 Å². The van der Waals surface area contributed by atoms with Crippen LogP contribution in [0.25, 0.3) is 0 Å². The van der Waals surface area contributed by atoms with Crippen LogP contribution in [0, 0.1) is 21.4 Å². The maximum absolute atomic E-state index is 11.4. The number of carbonyl (C=O) groups excluding carboxylic acids is 2. The van der Waals surface area contributed by atoms with Gasteiger partial charge in [0.1, 0.15) is 5.69 Å². The van der Waals surface area contributed by atoms with Gasteiger partial charge in [0.05, 0.1) is 23.2 Å². The second-order valence-electron chi connectivity index (χ2n) is 3.28. The number of nitro benzene ring substituents is 1. The van der Waals surface area contributed by atoms with Gasteiger partial charge < -0.3 is 10.1 Å². The highest BCUT2D eigenvalue weighted by atomic mass is 16.6. The molecule has 0 unspecified atom stereocenters. The Hall–Kier alpha value is -2.95. The van der Waals surface area contributed by atoms with Gasteiger partial charge in [-0.3, -0.25) is 14.9 Å². The van der Waals surface area contributed by atoms with E-state index in [1.165, 1.54) is 13.0 Å². The van der Waals surface area contributed by atoms with E-state index in [1.807, 2.05) is 5.32 Å². The van der Waals surface area contributed by atoms with Crippen LogP contribution in [0.1, 0.15) is 12.5 Å². The van der Waals surface area contributed by atoms with Gasteiger partial charge in [0.2, 0.25) is 0 Å². The first-order valence-corrected chi connectivity index (χ1v) is 5.16. The highest BCUT2D eigenvalue weighted by molar-refractivity contribution is 6.37. The van der Waals surface area contributed by atoms with Crippen molar-refractivity contribution in [2.24, 2.45) is 0 Å². The van der Waals surface area contributed by atoms with Crippen molar-refractivity contribution in [1.29, 1.82) is 5.26 Å². The summed E-state index contributed by atoms with van der Waals surface area (Å²) in [6.45, 7) is 1.52. The molecule has 98 valence electrons. The zero-order valence-corrected chi connectivity index (χ0v) is 9.87. The second kappa shape index (κ2) is 6.11. The van der Waals surface area contributed by atoms with Gasteiger partial charge in [-0.25, -0.2) is 4.79 Å². The lowest BCUT2D eigenvalue weighted by Crippen LogP contribution is -2.25. The molecule has 0 saturated carbocycles. The van der Waals surface area contributed by atoms with Crippen LogP contribution in [0.15, 0.2) is 18.2 Å². The van der Waals surface area contributed by atoms with Crippen molar-refractivity contribution in [3.05, 3.63) is 33.9 Å². The predicted molar refractivity (Wildman–Crippen MR) is 63.1 cm³/mol. The standard InChI is InChI=1S/C11H9N3O5/c1-2-19-11(16)10(15)13-8-5-7(6-12)3-4-9(8)14(17)18/h3-5H,2H2,1H3,(H,13,15). The number of carbonyl (C=O) groups is 2. The van der Waals surface area contributed by atoms with Crippen molar-refractivity contribution < 1.29 is 19.2 Å². The van der Waals surface area contributed by atoms with E-state index in [0.29, 0.717) is 0 Å². The van der Waals surface area contributed by atoms with Gasteiger partial charge in [0.25, 0.3) is 5.69 Å². The van der Waals surface area contributed by atoms with Gasteiger partial charge in [0, 0.05) is 6.07 Å². The maximum Gasteiger partial charge on any atom is 0.397 e. The van der Waals surface area contributed by atoms with Crippen LogP contribution < -0.4 is 5.32 Å². The molecule has 1 rings (SSSR count). The molecule has 1 amide bonds. The van der Waals surface area contributed by atoms with E-state index < -0.39 is 22.5 Å². The predicted octanol–water partition coefficient (Wildman–Crippen LogP) is 0.968. The van der Waals surface area contributed by atoms with Crippen LogP contribution in [0.4, 0.5) is 11.4 Å². The largest absolute Gasteiger partial charge is 0.459 e. The monoisotopic (exact) mass is 263 g/mol. The summed E-state index contributed by atoms with van der Waals surface area (Å²) in [5, 5.41) is 21.5. The van der Waals surface area contributed by atoms with Gasteiger partial charge >= 0.3 is 11.9 Å². The van der Waals surface area contributed by atoms with Crippen LogP contribution in [-0.2, 0) is 14.3 Å². The fourth-order valence-electron chi connectivity index (χ4n) is 1.23. The van der Waals surface area contributed by atoms with E-state index in [2.05, 4.69) is 4.74 Å². The van der Waals surface area contributed by atoms with Crippen molar-refractivity contribution in [3.63, 3.8) is 0 Å². The molecule has 1 N–H and O–H groups in total. The molecule has 1 aromatic rings. The number of amides is 1. The Labute approximate surface area is 107 Å². The van der Waals surface area contributed by atoms with E-state index in [-0.39, 0.29) is 17.9 Å². The van der Waals surface area contributed by atoms with E-state index in [9.17, 15) is 19.7 Å². The molecule has 0 spiro atoms. The Morgan fingerprint density at radius 2 is 2.21 bits per heavy atom. The zero-order valence-electron chi connectivity index (χ0n) is 9.87. The summed E-state index contributed by atoms with van der Waals surface area (Å²) in [4.78, 5) is 32.5. The molecule has 0 fully saturated rings. The number of nitrogens with zero attached hydrogens (tertiary/aromatic N) is 2. The molecule has 0 aromatic heterocycles. The van der Waals surface area contributed by atoms with Crippen LogP contribution >= 0.6 is 0 Å². The van der Waals surface area contributed by atoms with Gasteiger partial charge in [-0.05, 0) is 19.1 Å². The molecule has 0 aliphatic heterocycles. The summed E-state index contributed by atoms with van der Waals surface area (Å²) in [5.41, 5.74) is -0.538. The molecular weight excluding hydrogens is 254 g/mol. The number of anilines is 1. The normalized spacial score (nSPS) is 9.26. The average molecular weight is 263 g/mol. The lowest BCUT2D eigenvalue weighted by atomic mass is 10.2. The molecule has 0 heterocycles. The Morgan fingerprint density at radius 1 is 1.53 bits per heavy atom. The molecule has 8 nitrogen and oxygen atoms in total. The van der Waals surface area contributed by atoms with Crippen molar-refractivity contribution in [3.8, 4) is 6.07 Å². The number of nitriles is 1. The van der Waals surface area contributed by atoms with Gasteiger partial charge in [0.15, 0.2) is 0 Å². The summed E-state index contributed by atoms with van der Waals surface area (Å²) in [6.07, 6.45) is 0. The van der Waals surface area contributed by atoms with Gasteiger partial charge in [-0.15, -0.1) is 0 Å². The SMILES string of the molecule is CCOC(=O)C(=O)Nc1cc(C#N)ccc1[N+](=O)[O-]. The number of hydrogen-bond acceptors (Lipinski definition) is 6. The van der Waals surface area contributed by atoms with Crippen LogP contribution in [0.3, 0.4) is 0 Å². The third-order valence-electron chi connectivity index (χ3n) is 2.03. The molecule has 0 atom stereocenters. The number of rotatable bonds is 3. The summed E-state index contributed by atoms with van der Waals surface area (Å²) in [5.74, 6) is -2.29. The fourth-order valence-corrected chi connectivity index (χ4v) is 1.23. The van der Waals surface area contributed by atoms with Crippen LogP contribution in [0.2, 0.25) is 0 Å². The summed E-state index contributed by atoms with van der Waals surface area (Å²) in [6, 6.07) is 5.18. The molecule has 19 heavy (non-hydrogen) atoms. The van der Waals surface area contributed by atoms with Crippen molar-refractivity contribution >= 4 is 23.3 Å². The first kappa shape index (κ1) is 14.1. The first-order chi connectivity index (χ1) is 8.99. The van der Waals surface area contributed by atoms with E-state index in [4.69, 9.17) is 5.26 Å².